The normalized spacial score (nSPS) is 11.8. The first-order valence-corrected chi connectivity index (χ1v) is 14.6. The van der Waals surface area contributed by atoms with E-state index in [1.807, 2.05) is 0 Å². The Balaban J connectivity index is 1.22. The Morgan fingerprint density at radius 3 is 1.55 bits per heavy atom. The van der Waals surface area contributed by atoms with E-state index in [9.17, 15) is 0 Å². The van der Waals surface area contributed by atoms with Gasteiger partial charge in [-0.05, 0) is 93.3 Å². The molecule has 0 unspecified atom stereocenters. The van der Waals surface area contributed by atoms with Crippen LogP contribution in [0.1, 0.15) is 0 Å². The SMILES string of the molecule is c1ccc2cc(-c3ccc(-c4ccc5ccc6c(-c7cccc8ccccc78)ccc7ccc4c5c76)cc3)ccc2c1. The van der Waals surface area contributed by atoms with E-state index in [-0.39, 0.29) is 0 Å². The average molecular weight is 531 g/mol. The highest BCUT2D eigenvalue weighted by Gasteiger charge is 2.16. The van der Waals surface area contributed by atoms with Crippen LogP contribution in [0.5, 0.6) is 0 Å². The van der Waals surface area contributed by atoms with E-state index in [1.54, 1.807) is 0 Å². The van der Waals surface area contributed by atoms with Crippen LogP contribution in [0.4, 0.5) is 0 Å². The third-order valence-electron chi connectivity index (χ3n) is 9.02. The van der Waals surface area contributed by atoms with Crippen molar-refractivity contribution >= 4 is 53.9 Å². The van der Waals surface area contributed by atoms with Crippen molar-refractivity contribution in [2.75, 3.05) is 0 Å². The fourth-order valence-corrected chi connectivity index (χ4v) is 6.96. The Morgan fingerprint density at radius 1 is 0.238 bits per heavy atom. The smallest absolute Gasteiger partial charge is 0.00203 e. The van der Waals surface area contributed by atoms with Crippen molar-refractivity contribution in [3.05, 3.63) is 158 Å². The highest BCUT2D eigenvalue weighted by Crippen LogP contribution is 2.43. The van der Waals surface area contributed by atoms with E-state index in [0.717, 1.165) is 0 Å². The van der Waals surface area contributed by atoms with Gasteiger partial charge in [0.25, 0.3) is 0 Å². The minimum absolute atomic E-state index is 1.24. The number of hydrogen-bond donors (Lipinski definition) is 0. The maximum absolute atomic E-state index is 2.32. The van der Waals surface area contributed by atoms with Crippen molar-refractivity contribution in [1.82, 2.24) is 0 Å². The maximum atomic E-state index is 2.32. The lowest BCUT2D eigenvalue weighted by atomic mass is 9.86. The van der Waals surface area contributed by atoms with E-state index in [1.165, 1.54) is 87.2 Å². The van der Waals surface area contributed by atoms with E-state index < -0.39 is 0 Å². The molecule has 0 atom stereocenters. The molecule has 0 saturated carbocycles. The second-order valence-corrected chi connectivity index (χ2v) is 11.3. The molecule has 0 aliphatic carbocycles. The number of hydrogen-bond acceptors (Lipinski definition) is 0. The second-order valence-electron chi connectivity index (χ2n) is 11.3. The third-order valence-corrected chi connectivity index (χ3v) is 9.02. The average Bonchev–Trinajstić information content (AvgIpc) is 3.06. The Hall–Kier alpha value is -5.46. The Labute approximate surface area is 244 Å². The van der Waals surface area contributed by atoms with Crippen molar-refractivity contribution in [2.24, 2.45) is 0 Å². The van der Waals surface area contributed by atoms with Gasteiger partial charge in [0.1, 0.15) is 0 Å². The van der Waals surface area contributed by atoms with Gasteiger partial charge in [-0.1, -0.05) is 152 Å². The molecule has 0 spiro atoms. The quantitative estimate of drug-likeness (QED) is 0.199. The highest BCUT2D eigenvalue weighted by molar-refractivity contribution is 6.28. The molecule has 0 N–H and O–H groups in total. The van der Waals surface area contributed by atoms with Gasteiger partial charge in [0.15, 0.2) is 0 Å². The van der Waals surface area contributed by atoms with Gasteiger partial charge in [-0.25, -0.2) is 0 Å². The molecular formula is C42H26. The standard InChI is InChI=1S/C42H26/c1-2-8-33-26-34(17-14-27(33)6-1)28-12-15-30(16-13-28)36-22-18-31-21-25-40-38(23-19-32-20-24-39(36)41(31)42(32)40)37-11-5-9-29-7-3-4-10-35(29)37/h1-26H. The molecule has 0 heterocycles. The van der Waals surface area contributed by atoms with Crippen LogP contribution in [0.15, 0.2) is 158 Å². The molecular weight excluding hydrogens is 504 g/mol. The van der Waals surface area contributed by atoms with Crippen molar-refractivity contribution in [1.29, 1.82) is 0 Å². The topological polar surface area (TPSA) is 0 Å². The van der Waals surface area contributed by atoms with Crippen LogP contribution in [0, 0.1) is 0 Å². The van der Waals surface area contributed by atoms with Gasteiger partial charge < -0.3 is 0 Å². The number of rotatable bonds is 3. The largest absolute Gasteiger partial charge is 0.0616 e. The van der Waals surface area contributed by atoms with Crippen LogP contribution in [0.3, 0.4) is 0 Å². The Kier molecular flexibility index (Phi) is 5.00. The Bertz CT molecular complexity index is 2440. The Morgan fingerprint density at radius 2 is 0.762 bits per heavy atom. The zero-order valence-electron chi connectivity index (χ0n) is 23.0. The monoisotopic (exact) mass is 530 g/mol. The van der Waals surface area contributed by atoms with Crippen molar-refractivity contribution in [3.8, 4) is 33.4 Å². The zero-order valence-corrected chi connectivity index (χ0v) is 23.0. The molecule has 0 aliphatic rings. The van der Waals surface area contributed by atoms with Crippen LogP contribution in [0.25, 0.3) is 87.2 Å². The number of benzene rings is 9. The summed E-state index contributed by atoms with van der Waals surface area (Å²) in [5.41, 5.74) is 7.58. The summed E-state index contributed by atoms with van der Waals surface area (Å²) in [6.45, 7) is 0. The molecule has 0 heteroatoms. The van der Waals surface area contributed by atoms with Gasteiger partial charge in [-0.15, -0.1) is 0 Å². The summed E-state index contributed by atoms with van der Waals surface area (Å²) in [6, 6.07) is 58.1. The van der Waals surface area contributed by atoms with Crippen LogP contribution in [-0.2, 0) is 0 Å². The molecule has 0 nitrogen and oxygen atoms in total. The van der Waals surface area contributed by atoms with Gasteiger partial charge in [-0.3, -0.25) is 0 Å². The first-order valence-electron chi connectivity index (χ1n) is 14.6. The fourth-order valence-electron chi connectivity index (χ4n) is 6.96. The highest BCUT2D eigenvalue weighted by atomic mass is 14.2. The molecule has 9 aromatic rings. The van der Waals surface area contributed by atoms with Gasteiger partial charge in [0.05, 0.1) is 0 Å². The molecule has 0 amide bonds. The molecule has 194 valence electrons. The van der Waals surface area contributed by atoms with Crippen LogP contribution >= 0.6 is 0 Å². The van der Waals surface area contributed by atoms with Crippen molar-refractivity contribution in [2.45, 2.75) is 0 Å². The van der Waals surface area contributed by atoms with E-state index in [2.05, 4.69) is 158 Å². The summed E-state index contributed by atoms with van der Waals surface area (Å²) in [4.78, 5) is 0. The first-order chi connectivity index (χ1) is 20.8. The summed E-state index contributed by atoms with van der Waals surface area (Å²) in [7, 11) is 0. The van der Waals surface area contributed by atoms with Crippen LogP contribution in [-0.4, -0.2) is 0 Å². The van der Waals surface area contributed by atoms with Gasteiger partial charge in [-0.2, -0.15) is 0 Å². The molecule has 0 fully saturated rings. The zero-order chi connectivity index (χ0) is 27.6. The van der Waals surface area contributed by atoms with E-state index >= 15 is 0 Å². The predicted octanol–water partition coefficient (Wildman–Crippen LogP) is 11.9. The molecule has 0 radical (unpaired) electrons. The molecule has 0 aromatic heterocycles. The van der Waals surface area contributed by atoms with Crippen molar-refractivity contribution < 1.29 is 0 Å². The van der Waals surface area contributed by atoms with Gasteiger partial charge in [0, 0.05) is 0 Å². The van der Waals surface area contributed by atoms with Gasteiger partial charge in [0.2, 0.25) is 0 Å². The van der Waals surface area contributed by atoms with Gasteiger partial charge >= 0.3 is 0 Å². The third kappa shape index (κ3) is 3.49. The fraction of sp³-hybridized carbons (Fsp3) is 0. The van der Waals surface area contributed by atoms with Crippen LogP contribution in [0.2, 0.25) is 0 Å². The molecule has 9 rings (SSSR count). The lowest BCUT2D eigenvalue weighted by Gasteiger charge is -2.17. The molecule has 42 heavy (non-hydrogen) atoms. The predicted molar refractivity (Wildman–Crippen MR) is 181 cm³/mol. The number of fused-ring (bicyclic) bond motifs is 2. The van der Waals surface area contributed by atoms with Crippen molar-refractivity contribution in [3.63, 3.8) is 0 Å². The molecule has 0 bridgehead atoms. The molecule has 0 aliphatic heterocycles. The summed E-state index contributed by atoms with van der Waals surface area (Å²) in [6.07, 6.45) is 0. The lowest BCUT2D eigenvalue weighted by molar-refractivity contribution is 1.62. The summed E-state index contributed by atoms with van der Waals surface area (Å²) in [5, 5.41) is 13.0. The molecule has 0 saturated heterocycles. The summed E-state index contributed by atoms with van der Waals surface area (Å²) in [5.74, 6) is 0. The van der Waals surface area contributed by atoms with E-state index in [0.29, 0.717) is 0 Å². The lowest BCUT2D eigenvalue weighted by Crippen LogP contribution is -1.90. The maximum Gasteiger partial charge on any atom is -0.00203 e. The summed E-state index contributed by atoms with van der Waals surface area (Å²) >= 11 is 0. The second kappa shape index (κ2) is 9.03. The summed E-state index contributed by atoms with van der Waals surface area (Å²) < 4.78 is 0. The minimum atomic E-state index is 1.24. The molecule has 9 aromatic carbocycles. The first kappa shape index (κ1) is 23.3. The van der Waals surface area contributed by atoms with Crippen LogP contribution < -0.4 is 0 Å². The van der Waals surface area contributed by atoms with E-state index in [4.69, 9.17) is 0 Å². The minimum Gasteiger partial charge on any atom is -0.0616 e.